The Hall–Kier alpha value is -3.35. The Morgan fingerprint density at radius 3 is 2.03 bits per heavy atom. The van der Waals surface area contributed by atoms with Crippen LogP contribution in [0.4, 0.5) is 4.79 Å². The third-order valence-corrected chi connectivity index (χ3v) is 6.99. The van der Waals surface area contributed by atoms with E-state index in [9.17, 15) is 14.4 Å². The fourth-order valence-electron chi connectivity index (χ4n) is 5.08. The van der Waals surface area contributed by atoms with E-state index in [2.05, 4.69) is 34.9 Å². The molecule has 1 atom stereocenters. The van der Waals surface area contributed by atoms with E-state index in [0.29, 0.717) is 25.7 Å². The summed E-state index contributed by atoms with van der Waals surface area (Å²) < 4.78 is 5.61. The van der Waals surface area contributed by atoms with Crippen molar-refractivity contribution in [1.82, 2.24) is 10.6 Å². The minimum absolute atomic E-state index is 0.0473. The van der Waals surface area contributed by atoms with Gasteiger partial charge in [-0.3, -0.25) is 9.59 Å². The summed E-state index contributed by atoms with van der Waals surface area (Å²) in [6.07, 6.45) is 1.72. The van der Waals surface area contributed by atoms with Crippen LogP contribution >= 0.6 is 0 Å². The zero-order chi connectivity index (χ0) is 24.2. The number of aliphatic carboxylic acids is 1. The van der Waals surface area contributed by atoms with Crippen molar-refractivity contribution >= 4 is 18.0 Å². The van der Waals surface area contributed by atoms with Gasteiger partial charge in [-0.25, -0.2) is 4.79 Å². The molecular weight excluding hydrogens is 432 g/mol. The first-order valence-electron chi connectivity index (χ1n) is 12.0. The predicted octanol–water partition coefficient (Wildman–Crippen LogP) is 4.31. The summed E-state index contributed by atoms with van der Waals surface area (Å²) in [5.74, 6) is -1.55. The third kappa shape index (κ3) is 5.08. The Balaban J connectivity index is 1.34. The molecule has 0 spiro atoms. The maximum absolute atomic E-state index is 12.9. The zero-order valence-corrected chi connectivity index (χ0v) is 19.6. The lowest BCUT2D eigenvalue weighted by molar-refractivity contribution is -0.142. The molecule has 2 aliphatic rings. The summed E-state index contributed by atoms with van der Waals surface area (Å²) in [6.45, 7) is 3.93. The number of carboxylic acids is 1. The summed E-state index contributed by atoms with van der Waals surface area (Å²) in [5.41, 5.74) is 4.58. The lowest BCUT2D eigenvalue weighted by Crippen LogP contribution is -2.52. The molecule has 1 fully saturated rings. The van der Waals surface area contributed by atoms with E-state index < -0.39 is 18.1 Å². The second-order valence-electron chi connectivity index (χ2n) is 9.59. The monoisotopic (exact) mass is 464 g/mol. The van der Waals surface area contributed by atoms with Gasteiger partial charge < -0.3 is 20.5 Å². The van der Waals surface area contributed by atoms with Crippen LogP contribution in [-0.2, 0) is 14.3 Å². The molecule has 7 nitrogen and oxygen atoms in total. The van der Waals surface area contributed by atoms with Crippen molar-refractivity contribution in [1.29, 1.82) is 0 Å². The number of ether oxygens (including phenoxy) is 1. The molecule has 1 saturated carbocycles. The molecule has 0 aliphatic heterocycles. The second kappa shape index (κ2) is 10.3. The molecule has 34 heavy (non-hydrogen) atoms. The Bertz CT molecular complexity index is 1010. The number of fused-ring (bicyclic) bond motifs is 3. The predicted molar refractivity (Wildman–Crippen MR) is 128 cm³/mol. The van der Waals surface area contributed by atoms with Crippen LogP contribution in [0.3, 0.4) is 0 Å². The molecule has 0 unspecified atom stereocenters. The van der Waals surface area contributed by atoms with Gasteiger partial charge in [-0.2, -0.15) is 0 Å². The molecule has 0 bridgehead atoms. The molecule has 2 aromatic carbocycles. The van der Waals surface area contributed by atoms with E-state index >= 15 is 0 Å². The van der Waals surface area contributed by atoms with Gasteiger partial charge in [0.2, 0.25) is 5.91 Å². The number of amides is 2. The van der Waals surface area contributed by atoms with Gasteiger partial charge in [-0.05, 0) is 53.9 Å². The largest absolute Gasteiger partial charge is 0.481 e. The molecule has 0 heterocycles. The average Bonchev–Trinajstić information content (AvgIpc) is 3.15. The van der Waals surface area contributed by atoms with E-state index in [0.717, 1.165) is 22.3 Å². The van der Waals surface area contributed by atoms with Gasteiger partial charge in [-0.15, -0.1) is 0 Å². The van der Waals surface area contributed by atoms with Crippen LogP contribution in [0.2, 0.25) is 0 Å². The van der Waals surface area contributed by atoms with Crippen LogP contribution in [0, 0.1) is 11.8 Å². The van der Waals surface area contributed by atoms with Crippen molar-refractivity contribution < 1.29 is 24.2 Å². The summed E-state index contributed by atoms with van der Waals surface area (Å²) >= 11 is 0. The molecule has 4 rings (SSSR count). The minimum Gasteiger partial charge on any atom is -0.481 e. The molecule has 0 radical (unpaired) electrons. The highest BCUT2D eigenvalue weighted by atomic mass is 16.5. The summed E-state index contributed by atoms with van der Waals surface area (Å²) in [4.78, 5) is 36.7. The number of carbonyl (C=O) groups is 3. The first-order chi connectivity index (χ1) is 16.3. The van der Waals surface area contributed by atoms with Gasteiger partial charge in [0.15, 0.2) is 0 Å². The molecule has 180 valence electrons. The summed E-state index contributed by atoms with van der Waals surface area (Å²) in [7, 11) is 0. The highest BCUT2D eigenvalue weighted by Gasteiger charge is 2.32. The molecular formula is C27H32N2O5. The first-order valence-corrected chi connectivity index (χ1v) is 12.0. The van der Waals surface area contributed by atoms with Crippen molar-refractivity contribution in [3.8, 4) is 11.1 Å². The van der Waals surface area contributed by atoms with Gasteiger partial charge in [0.25, 0.3) is 0 Å². The van der Waals surface area contributed by atoms with Gasteiger partial charge in [0.05, 0.1) is 5.92 Å². The van der Waals surface area contributed by atoms with Crippen molar-refractivity contribution in [3.63, 3.8) is 0 Å². The van der Waals surface area contributed by atoms with Gasteiger partial charge in [0, 0.05) is 12.0 Å². The Morgan fingerprint density at radius 1 is 0.941 bits per heavy atom. The van der Waals surface area contributed by atoms with Crippen LogP contribution < -0.4 is 10.6 Å². The second-order valence-corrected chi connectivity index (χ2v) is 9.59. The Labute approximate surface area is 199 Å². The fraction of sp³-hybridized carbons (Fsp3) is 0.444. The number of alkyl carbamates (subject to hydrolysis) is 1. The summed E-state index contributed by atoms with van der Waals surface area (Å²) in [6, 6.07) is 15.5. The van der Waals surface area contributed by atoms with Crippen molar-refractivity contribution in [2.45, 2.75) is 57.5 Å². The highest BCUT2D eigenvalue weighted by Crippen LogP contribution is 2.44. The topological polar surface area (TPSA) is 105 Å². The number of rotatable bonds is 7. The summed E-state index contributed by atoms with van der Waals surface area (Å²) in [5, 5.41) is 14.9. The van der Waals surface area contributed by atoms with E-state index in [1.807, 2.05) is 38.1 Å². The number of carboxylic acid groups (broad SMARTS) is 1. The smallest absolute Gasteiger partial charge is 0.407 e. The normalized spacial score (nSPS) is 20.2. The van der Waals surface area contributed by atoms with E-state index in [1.54, 1.807) is 0 Å². The Kier molecular flexibility index (Phi) is 7.20. The SMILES string of the molecule is CC(C)[C@@H](NC(=O)OCC1c2ccccc2-c2ccccc21)C(=O)NC1CCC(C(=O)O)CC1. The van der Waals surface area contributed by atoms with Crippen LogP contribution in [0.15, 0.2) is 48.5 Å². The zero-order valence-electron chi connectivity index (χ0n) is 19.6. The number of nitrogens with one attached hydrogen (secondary N) is 2. The highest BCUT2D eigenvalue weighted by molar-refractivity contribution is 5.86. The lowest BCUT2D eigenvalue weighted by Gasteiger charge is -2.29. The average molecular weight is 465 g/mol. The molecule has 3 N–H and O–H groups in total. The van der Waals surface area contributed by atoms with Gasteiger partial charge >= 0.3 is 12.1 Å². The van der Waals surface area contributed by atoms with E-state index in [4.69, 9.17) is 9.84 Å². The molecule has 2 aliphatic carbocycles. The Morgan fingerprint density at radius 2 is 1.50 bits per heavy atom. The number of carbonyl (C=O) groups excluding carboxylic acids is 2. The number of hydrogen-bond donors (Lipinski definition) is 3. The molecule has 2 aromatic rings. The van der Waals surface area contributed by atoms with Crippen molar-refractivity contribution in [2.24, 2.45) is 11.8 Å². The standard InChI is InChI=1S/C27H32N2O5/c1-16(2)24(25(30)28-18-13-11-17(12-14-18)26(31)32)29-27(33)34-15-23-21-9-5-3-7-19(21)20-8-4-6-10-22(20)23/h3-10,16-18,23-24H,11-15H2,1-2H3,(H,28,30)(H,29,33)(H,31,32)/t17?,18?,24-/m1/s1. The van der Waals surface area contributed by atoms with Crippen molar-refractivity contribution in [2.75, 3.05) is 6.61 Å². The first kappa shape index (κ1) is 23.8. The minimum atomic E-state index is -0.776. The van der Waals surface area contributed by atoms with Crippen LogP contribution in [0.1, 0.15) is 56.6 Å². The van der Waals surface area contributed by atoms with E-state index in [1.165, 1.54) is 0 Å². The quantitative estimate of drug-likeness (QED) is 0.566. The van der Waals surface area contributed by atoms with Gasteiger partial charge in [-0.1, -0.05) is 62.4 Å². The maximum atomic E-state index is 12.9. The lowest BCUT2D eigenvalue weighted by atomic mass is 9.86. The maximum Gasteiger partial charge on any atom is 0.407 e. The van der Waals surface area contributed by atoms with Crippen LogP contribution in [0.25, 0.3) is 11.1 Å². The van der Waals surface area contributed by atoms with Crippen molar-refractivity contribution in [3.05, 3.63) is 59.7 Å². The molecule has 0 saturated heterocycles. The third-order valence-electron chi connectivity index (χ3n) is 6.99. The van der Waals surface area contributed by atoms with E-state index in [-0.39, 0.29) is 36.3 Å². The molecule has 2 amide bonds. The molecule has 0 aromatic heterocycles. The fourth-order valence-corrected chi connectivity index (χ4v) is 5.08. The van der Waals surface area contributed by atoms with Crippen LogP contribution in [0.5, 0.6) is 0 Å². The number of benzene rings is 2. The molecule has 7 heteroatoms. The van der Waals surface area contributed by atoms with Crippen LogP contribution in [-0.4, -0.2) is 41.8 Å². The number of hydrogen-bond acceptors (Lipinski definition) is 4. The van der Waals surface area contributed by atoms with Gasteiger partial charge in [0.1, 0.15) is 12.6 Å².